The van der Waals surface area contributed by atoms with Crippen molar-refractivity contribution in [3.05, 3.63) is 40.3 Å². The minimum Gasteiger partial charge on any atom is -0.325 e. The Morgan fingerprint density at radius 3 is 2.96 bits per heavy atom. The molecular weight excluding hydrogens is 326 g/mol. The minimum absolute atomic E-state index is 0.0220. The second-order valence-corrected chi connectivity index (χ2v) is 7.15. The van der Waals surface area contributed by atoms with Crippen molar-refractivity contribution in [1.29, 1.82) is 5.26 Å². The number of aryl methyl sites for hydroxylation is 1. The third-order valence-electron chi connectivity index (χ3n) is 3.11. The summed E-state index contributed by atoms with van der Waals surface area (Å²) in [4.78, 5) is 17.6. The molecule has 0 radical (unpaired) electrons. The molecule has 0 spiro atoms. The smallest absolute Gasteiger partial charge is 0.230 e. The van der Waals surface area contributed by atoms with Gasteiger partial charge in [0.1, 0.15) is 0 Å². The number of thioether (sulfide) groups is 1. The molecule has 2 aromatic rings. The average molecular weight is 345 g/mol. The molecule has 0 saturated heterocycles. The second kappa shape index (κ2) is 8.70. The Hall–Kier alpha value is -1.84. The lowest BCUT2D eigenvalue weighted by Crippen LogP contribution is -2.15. The van der Waals surface area contributed by atoms with Crippen molar-refractivity contribution in [2.45, 2.75) is 31.6 Å². The topological polar surface area (TPSA) is 65.8 Å². The second-order valence-electron chi connectivity index (χ2n) is 5.15. The van der Waals surface area contributed by atoms with E-state index < -0.39 is 0 Å². The van der Waals surface area contributed by atoms with Crippen LogP contribution >= 0.6 is 23.1 Å². The van der Waals surface area contributed by atoms with Gasteiger partial charge in [-0.2, -0.15) is 5.26 Å². The van der Waals surface area contributed by atoms with Crippen LogP contribution in [0.4, 0.5) is 5.69 Å². The number of hydrogen-bond acceptors (Lipinski definition) is 5. The number of hydrogen-bond donors (Lipinski definition) is 1. The summed E-state index contributed by atoms with van der Waals surface area (Å²) in [5, 5.41) is 14.8. The van der Waals surface area contributed by atoms with Gasteiger partial charge in [0.15, 0.2) is 0 Å². The van der Waals surface area contributed by atoms with Crippen LogP contribution < -0.4 is 5.32 Å². The first-order chi connectivity index (χ1) is 11.1. The van der Waals surface area contributed by atoms with E-state index in [1.807, 2.05) is 36.6 Å². The summed E-state index contributed by atoms with van der Waals surface area (Å²) in [6.45, 7) is 3.94. The first-order valence-corrected chi connectivity index (χ1v) is 9.33. The number of nitrogens with one attached hydrogen (secondary N) is 1. The van der Waals surface area contributed by atoms with E-state index in [0.29, 0.717) is 5.75 Å². The van der Waals surface area contributed by atoms with Gasteiger partial charge in [-0.1, -0.05) is 19.1 Å². The number of nitrogens with zero attached hydrogens (tertiary/aromatic N) is 2. The summed E-state index contributed by atoms with van der Waals surface area (Å²) in [5.41, 5.74) is 1.60. The molecule has 1 atom stereocenters. The van der Waals surface area contributed by atoms with E-state index in [4.69, 9.17) is 5.26 Å². The molecule has 23 heavy (non-hydrogen) atoms. The predicted molar refractivity (Wildman–Crippen MR) is 95.8 cm³/mol. The summed E-state index contributed by atoms with van der Waals surface area (Å²) in [6, 6.07) is 9.89. The number of aromatic nitrogens is 1. The number of amides is 1. The number of carbonyl (C=O) groups is 1. The predicted octanol–water partition coefficient (Wildman–Crippen LogP) is 4.14. The van der Waals surface area contributed by atoms with Gasteiger partial charge in [0.05, 0.1) is 34.8 Å². The van der Waals surface area contributed by atoms with Gasteiger partial charge in [0, 0.05) is 16.0 Å². The monoisotopic (exact) mass is 345 g/mol. The molecule has 1 amide bonds. The molecule has 0 aliphatic heterocycles. The van der Waals surface area contributed by atoms with Crippen LogP contribution in [0.1, 0.15) is 24.5 Å². The molecule has 0 unspecified atom stereocenters. The molecule has 0 aliphatic rings. The Morgan fingerprint density at radius 2 is 2.26 bits per heavy atom. The lowest BCUT2D eigenvalue weighted by atomic mass is 10.2. The Balaban J connectivity index is 1.98. The third kappa shape index (κ3) is 5.38. The van der Waals surface area contributed by atoms with E-state index in [0.717, 1.165) is 27.7 Å². The number of benzene rings is 1. The maximum Gasteiger partial charge on any atom is 0.230 e. The molecule has 4 nitrogen and oxygen atoms in total. The fourth-order valence-electron chi connectivity index (χ4n) is 1.90. The highest BCUT2D eigenvalue weighted by molar-refractivity contribution is 7.99. The number of rotatable bonds is 7. The van der Waals surface area contributed by atoms with Crippen molar-refractivity contribution < 1.29 is 4.79 Å². The Labute approximate surface area is 144 Å². The Bertz CT molecular complexity index is 706. The van der Waals surface area contributed by atoms with Gasteiger partial charge >= 0.3 is 0 Å². The third-order valence-corrected chi connectivity index (χ3v) is 5.49. The van der Waals surface area contributed by atoms with Gasteiger partial charge in [0.25, 0.3) is 0 Å². The largest absolute Gasteiger partial charge is 0.325 e. The van der Waals surface area contributed by atoms with Crippen LogP contribution in [0.2, 0.25) is 0 Å². The van der Waals surface area contributed by atoms with Crippen molar-refractivity contribution in [3.63, 3.8) is 0 Å². The highest BCUT2D eigenvalue weighted by Gasteiger charge is 2.11. The van der Waals surface area contributed by atoms with Crippen LogP contribution in [0.3, 0.4) is 0 Å². The molecule has 0 bridgehead atoms. The highest BCUT2D eigenvalue weighted by atomic mass is 32.2. The average Bonchev–Trinajstić information content (AvgIpc) is 3.01. The van der Waals surface area contributed by atoms with Crippen molar-refractivity contribution in [1.82, 2.24) is 4.98 Å². The summed E-state index contributed by atoms with van der Waals surface area (Å²) in [5.74, 6) is 0.612. The Morgan fingerprint density at radius 1 is 1.48 bits per heavy atom. The van der Waals surface area contributed by atoms with Gasteiger partial charge in [-0.15, -0.1) is 23.1 Å². The molecule has 1 heterocycles. The lowest BCUT2D eigenvalue weighted by molar-refractivity contribution is -0.115. The summed E-state index contributed by atoms with van der Waals surface area (Å²) in [7, 11) is 0. The summed E-state index contributed by atoms with van der Waals surface area (Å²) in [6.07, 6.45) is 1.17. The molecule has 0 fully saturated rings. The maximum absolute atomic E-state index is 12.2. The summed E-state index contributed by atoms with van der Waals surface area (Å²) >= 11 is 3.17. The molecule has 120 valence electrons. The molecular formula is C17H19N3OS2. The van der Waals surface area contributed by atoms with Gasteiger partial charge in [-0.25, -0.2) is 4.98 Å². The number of carbonyl (C=O) groups excluding carboxylic acids is 1. The SMILES string of the molecule is CCc1nc(CC(=O)Nc2ccccc2SC[C@H](C)C#N)cs1. The van der Waals surface area contributed by atoms with E-state index in [1.54, 1.807) is 23.1 Å². The fraction of sp³-hybridized carbons (Fsp3) is 0.353. The molecule has 1 aromatic carbocycles. The van der Waals surface area contributed by atoms with Crippen LogP contribution in [0.25, 0.3) is 0 Å². The fourth-order valence-corrected chi connectivity index (χ4v) is 3.60. The van der Waals surface area contributed by atoms with E-state index in [2.05, 4.69) is 23.3 Å². The van der Waals surface area contributed by atoms with Crippen molar-refractivity contribution in [2.24, 2.45) is 5.92 Å². The first kappa shape index (κ1) is 17.5. The van der Waals surface area contributed by atoms with Crippen LogP contribution in [0.15, 0.2) is 34.5 Å². The van der Waals surface area contributed by atoms with Crippen LogP contribution in [0.5, 0.6) is 0 Å². The zero-order valence-electron chi connectivity index (χ0n) is 13.2. The zero-order valence-corrected chi connectivity index (χ0v) is 14.8. The molecule has 6 heteroatoms. The molecule has 0 saturated carbocycles. The molecule has 0 aliphatic carbocycles. The number of thiazole rings is 1. The van der Waals surface area contributed by atoms with Crippen molar-refractivity contribution in [2.75, 3.05) is 11.1 Å². The van der Waals surface area contributed by atoms with Gasteiger partial charge in [-0.3, -0.25) is 4.79 Å². The van der Waals surface area contributed by atoms with Crippen LogP contribution in [-0.4, -0.2) is 16.6 Å². The zero-order chi connectivity index (χ0) is 16.7. The van der Waals surface area contributed by atoms with E-state index >= 15 is 0 Å². The lowest BCUT2D eigenvalue weighted by Gasteiger charge is -2.10. The number of para-hydroxylation sites is 1. The number of anilines is 1. The molecule has 1 aromatic heterocycles. The van der Waals surface area contributed by atoms with Crippen LogP contribution in [-0.2, 0) is 17.6 Å². The van der Waals surface area contributed by atoms with Crippen molar-refractivity contribution in [3.8, 4) is 6.07 Å². The Kier molecular flexibility index (Phi) is 6.63. The van der Waals surface area contributed by atoms with Gasteiger partial charge < -0.3 is 5.32 Å². The van der Waals surface area contributed by atoms with E-state index in [-0.39, 0.29) is 18.2 Å². The highest BCUT2D eigenvalue weighted by Crippen LogP contribution is 2.28. The van der Waals surface area contributed by atoms with E-state index in [9.17, 15) is 4.79 Å². The van der Waals surface area contributed by atoms with E-state index in [1.165, 1.54) is 0 Å². The quantitative estimate of drug-likeness (QED) is 0.766. The number of nitriles is 1. The maximum atomic E-state index is 12.2. The normalized spacial score (nSPS) is 11.7. The van der Waals surface area contributed by atoms with Gasteiger partial charge in [0.2, 0.25) is 5.91 Å². The first-order valence-electron chi connectivity index (χ1n) is 7.47. The standard InChI is InChI=1S/C17H19N3OS2/c1-3-17-19-13(11-23-17)8-16(21)20-14-6-4-5-7-15(14)22-10-12(2)9-18/h4-7,11-12H,3,8,10H2,1-2H3,(H,20,21)/t12-/m1/s1. The molecule has 1 N–H and O–H groups in total. The van der Waals surface area contributed by atoms with Gasteiger partial charge in [-0.05, 0) is 25.5 Å². The summed E-state index contributed by atoms with van der Waals surface area (Å²) < 4.78 is 0. The molecule has 2 rings (SSSR count). The minimum atomic E-state index is -0.0701. The van der Waals surface area contributed by atoms with Crippen LogP contribution in [0, 0.1) is 17.2 Å². The van der Waals surface area contributed by atoms with Crippen molar-refractivity contribution >= 4 is 34.7 Å².